The van der Waals surface area contributed by atoms with Gasteiger partial charge in [0.2, 0.25) is 0 Å². The summed E-state index contributed by atoms with van der Waals surface area (Å²) in [5.74, 6) is 0.495. The zero-order chi connectivity index (χ0) is 12.3. The highest BCUT2D eigenvalue weighted by Gasteiger charge is 2.29. The molecule has 0 saturated carbocycles. The molecule has 0 aromatic heterocycles. The van der Waals surface area contributed by atoms with Gasteiger partial charge in [0.05, 0.1) is 6.10 Å². The molecule has 1 saturated heterocycles. The van der Waals surface area contributed by atoms with Gasteiger partial charge in [-0.25, -0.2) is 0 Å². The normalized spacial score (nSPS) is 24.4. The van der Waals surface area contributed by atoms with Gasteiger partial charge in [0.1, 0.15) is 0 Å². The molecule has 3 nitrogen and oxygen atoms in total. The lowest BCUT2D eigenvalue weighted by Gasteiger charge is -2.39. The number of nitrogens with zero attached hydrogens (tertiary/aromatic N) is 1. The lowest BCUT2D eigenvalue weighted by Crippen LogP contribution is -2.47. The fourth-order valence-corrected chi connectivity index (χ4v) is 2.31. The summed E-state index contributed by atoms with van der Waals surface area (Å²) in [5.41, 5.74) is 6.17. The number of rotatable bonds is 4. The molecule has 0 bridgehead atoms. The van der Waals surface area contributed by atoms with E-state index in [9.17, 15) is 5.11 Å². The Morgan fingerprint density at radius 2 is 1.81 bits per heavy atom. The third-order valence-corrected chi connectivity index (χ3v) is 4.18. The molecule has 1 fully saturated rings. The number of likely N-dealkylation sites (tertiary alicyclic amines) is 1. The van der Waals surface area contributed by atoms with Crippen LogP contribution in [0.25, 0.3) is 0 Å². The number of hydrogen-bond acceptors (Lipinski definition) is 3. The van der Waals surface area contributed by atoms with Gasteiger partial charge in [-0.2, -0.15) is 0 Å². The van der Waals surface area contributed by atoms with E-state index in [0.29, 0.717) is 5.92 Å². The Labute approximate surface area is 100 Å². The van der Waals surface area contributed by atoms with E-state index in [1.54, 1.807) is 0 Å². The van der Waals surface area contributed by atoms with E-state index in [1.807, 2.05) is 6.92 Å². The molecule has 2 atom stereocenters. The van der Waals surface area contributed by atoms with Crippen LogP contribution in [-0.4, -0.2) is 41.8 Å². The molecule has 3 N–H and O–H groups in total. The molecule has 0 amide bonds. The molecule has 2 unspecified atom stereocenters. The fraction of sp³-hybridized carbons (Fsp3) is 1.00. The zero-order valence-electron chi connectivity index (χ0n) is 11.2. The smallest absolute Gasteiger partial charge is 0.0541 e. The molecule has 0 spiro atoms. The Morgan fingerprint density at radius 3 is 2.19 bits per heavy atom. The van der Waals surface area contributed by atoms with Gasteiger partial charge in [0.15, 0.2) is 0 Å². The van der Waals surface area contributed by atoms with Crippen LogP contribution in [0.15, 0.2) is 0 Å². The first-order valence-corrected chi connectivity index (χ1v) is 6.49. The van der Waals surface area contributed by atoms with Gasteiger partial charge in [-0.05, 0) is 51.1 Å². The van der Waals surface area contributed by atoms with Crippen LogP contribution in [0.1, 0.15) is 40.5 Å². The van der Waals surface area contributed by atoms with Gasteiger partial charge in [0.25, 0.3) is 0 Å². The number of aliphatic hydroxyl groups is 1. The van der Waals surface area contributed by atoms with Crippen molar-refractivity contribution in [1.29, 1.82) is 0 Å². The maximum Gasteiger partial charge on any atom is 0.0541 e. The van der Waals surface area contributed by atoms with Crippen LogP contribution in [0.5, 0.6) is 0 Å². The molecule has 1 aliphatic rings. The van der Waals surface area contributed by atoms with Gasteiger partial charge in [-0.1, -0.05) is 13.8 Å². The maximum absolute atomic E-state index is 9.55. The zero-order valence-corrected chi connectivity index (χ0v) is 11.2. The molecule has 96 valence electrons. The summed E-state index contributed by atoms with van der Waals surface area (Å²) in [4.78, 5) is 2.49. The van der Waals surface area contributed by atoms with E-state index in [0.717, 1.165) is 32.5 Å². The lowest BCUT2D eigenvalue weighted by molar-refractivity contribution is 0.0548. The van der Waals surface area contributed by atoms with E-state index in [2.05, 4.69) is 25.7 Å². The van der Waals surface area contributed by atoms with Crippen molar-refractivity contribution in [3.63, 3.8) is 0 Å². The molecule has 16 heavy (non-hydrogen) atoms. The van der Waals surface area contributed by atoms with Gasteiger partial charge < -0.3 is 15.7 Å². The Morgan fingerprint density at radius 1 is 1.31 bits per heavy atom. The third-order valence-electron chi connectivity index (χ3n) is 4.18. The van der Waals surface area contributed by atoms with Crippen LogP contribution in [-0.2, 0) is 0 Å². The van der Waals surface area contributed by atoms with Crippen molar-refractivity contribution in [1.82, 2.24) is 4.90 Å². The van der Waals surface area contributed by atoms with Crippen molar-refractivity contribution < 1.29 is 5.11 Å². The average Bonchev–Trinajstić information content (AvgIpc) is 2.17. The minimum Gasteiger partial charge on any atom is -0.393 e. The van der Waals surface area contributed by atoms with Crippen LogP contribution in [0.4, 0.5) is 0 Å². The minimum atomic E-state index is -0.149. The van der Waals surface area contributed by atoms with Crippen molar-refractivity contribution in [3.8, 4) is 0 Å². The molecular weight excluding hydrogens is 200 g/mol. The van der Waals surface area contributed by atoms with Crippen LogP contribution in [0.3, 0.4) is 0 Å². The molecule has 0 aromatic carbocycles. The summed E-state index contributed by atoms with van der Waals surface area (Å²) in [6.45, 7) is 11.7. The summed E-state index contributed by atoms with van der Waals surface area (Å²) in [6.07, 6.45) is 2.09. The maximum atomic E-state index is 9.55. The Hall–Kier alpha value is -0.120. The highest BCUT2D eigenvalue weighted by atomic mass is 16.3. The summed E-state index contributed by atoms with van der Waals surface area (Å²) in [5, 5.41) is 9.55. The second-order valence-corrected chi connectivity index (χ2v) is 6.13. The van der Waals surface area contributed by atoms with Gasteiger partial charge in [0, 0.05) is 12.6 Å². The van der Waals surface area contributed by atoms with Crippen LogP contribution in [0, 0.1) is 11.3 Å². The molecule has 1 rings (SSSR count). The molecular formula is C13H28N2O. The van der Waals surface area contributed by atoms with E-state index in [4.69, 9.17) is 5.73 Å². The number of nitrogens with two attached hydrogens (primary N) is 1. The summed E-state index contributed by atoms with van der Waals surface area (Å²) in [7, 11) is 0. The summed E-state index contributed by atoms with van der Waals surface area (Å²) in [6, 6.07) is 0.224. The van der Waals surface area contributed by atoms with Gasteiger partial charge in [-0.15, -0.1) is 0 Å². The Kier molecular flexibility index (Phi) is 4.77. The molecule has 1 aliphatic heterocycles. The van der Waals surface area contributed by atoms with Crippen molar-refractivity contribution in [2.45, 2.75) is 52.7 Å². The standard InChI is InChI=1S/C13H28N2O/c1-10(16)12-5-7-15(8-6-12)9-13(3,4)11(2)14/h10-12,16H,5-9,14H2,1-4H3. The van der Waals surface area contributed by atoms with E-state index in [1.165, 1.54) is 0 Å². The fourth-order valence-electron chi connectivity index (χ4n) is 2.31. The summed E-state index contributed by atoms with van der Waals surface area (Å²) < 4.78 is 0. The predicted molar refractivity (Wildman–Crippen MR) is 68.3 cm³/mol. The van der Waals surface area contributed by atoms with Crippen molar-refractivity contribution in [2.24, 2.45) is 17.1 Å². The molecule has 1 heterocycles. The first-order chi connectivity index (χ1) is 7.33. The molecule has 0 aromatic rings. The SMILES string of the molecule is CC(O)C1CCN(CC(C)(C)C(C)N)CC1. The largest absolute Gasteiger partial charge is 0.393 e. The van der Waals surface area contributed by atoms with Crippen molar-refractivity contribution in [2.75, 3.05) is 19.6 Å². The van der Waals surface area contributed by atoms with E-state index < -0.39 is 0 Å². The number of aliphatic hydroxyl groups excluding tert-OH is 1. The topological polar surface area (TPSA) is 49.5 Å². The average molecular weight is 228 g/mol. The molecule has 0 aliphatic carbocycles. The molecule has 0 radical (unpaired) electrons. The highest BCUT2D eigenvalue weighted by Crippen LogP contribution is 2.25. The van der Waals surface area contributed by atoms with E-state index in [-0.39, 0.29) is 17.6 Å². The lowest BCUT2D eigenvalue weighted by atomic mass is 9.84. The quantitative estimate of drug-likeness (QED) is 0.766. The van der Waals surface area contributed by atoms with Crippen LogP contribution in [0.2, 0.25) is 0 Å². The first kappa shape index (κ1) is 13.9. The molecule has 3 heteroatoms. The van der Waals surface area contributed by atoms with Crippen molar-refractivity contribution >= 4 is 0 Å². The van der Waals surface area contributed by atoms with Crippen LogP contribution < -0.4 is 5.73 Å². The Balaban J connectivity index is 2.37. The second kappa shape index (κ2) is 5.48. The number of hydrogen-bond donors (Lipinski definition) is 2. The van der Waals surface area contributed by atoms with Gasteiger partial charge in [-0.3, -0.25) is 0 Å². The van der Waals surface area contributed by atoms with Crippen molar-refractivity contribution in [3.05, 3.63) is 0 Å². The second-order valence-electron chi connectivity index (χ2n) is 6.13. The first-order valence-electron chi connectivity index (χ1n) is 6.49. The third kappa shape index (κ3) is 3.72. The van der Waals surface area contributed by atoms with Crippen LogP contribution >= 0.6 is 0 Å². The Bertz CT molecular complexity index is 206. The van der Waals surface area contributed by atoms with Gasteiger partial charge >= 0.3 is 0 Å². The monoisotopic (exact) mass is 228 g/mol. The minimum absolute atomic E-state index is 0.149. The summed E-state index contributed by atoms with van der Waals surface area (Å²) >= 11 is 0. The highest BCUT2D eigenvalue weighted by molar-refractivity contribution is 4.84. The number of piperidine rings is 1. The predicted octanol–water partition coefficient (Wildman–Crippen LogP) is 1.45. The van der Waals surface area contributed by atoms with E-state index >= 15 is 0 Å².